The van der Waals surface area contributed by atoms with Gasteiger partial charge < -0.3 is 19.9 Å². The summed E-state index contributed by atoms with van der Waals surface area (Å²) in [6, 6.07) is 3.96. The van der Waals surface area contributed by atoms with Gasteiger partial charge in [0.15, 0.2) is 0 Å². The Labute approximate surface area is 177 Å². The van der Waals surface area contributed by atoms with Gasteiger partial charge in [0, 0.05) is 23.4 Å². The van der Waals surface area contributed by atoms with Gasteiger partial charge in [-0.2, -0.15) is 5.10 Å². The SMILES string of the molecule is CC(N)Cn1ncc2ccc3c(c21)CC(OCC(=O)OC(C)(C)C)CO3.Cl.Cl. The molecule has 28 heavy (non-hydrogen) atoms. The van der Waals surface area contributed by atoms with Crippen molar-refractivity contribution < 1.29 is 19.0 Å². The molecule has 0 aliphatic carbocycles. The minimum Gasteiger partial charge on any atom is -0.491 e. The second-order valence-electron chi connectivity index (χ2n) is 7.82. The second kappa shape index (κ2) is 9.78. The van der Waals surface area contributed by atoms with Crippen molar-refractivity contribution in [2.45, 2.75) is 58.4 Å². The fourth-order valence-corrected chi connectivity index (χ4v) is 3.11. The summed E-state index contributed by atoms with van der Waals surface area (Å²) >= 11 is 0. The number of benzene rings is 1. The lowest BCUT2D eigenvalue weighted by molar-refractivity contribution is -0.163. The van der Waals surface area contributed by atoms with Crippen LogP contribution in [0.5, 0.6) is 5.75 Å². The summed E-state index contributed by atoms with van der Waals surface area (Å²) in [5.41, 5.74) is 7.48. The molecule has 2 atom stereocenters. The maximum atomic E-state index is 11.9. The van der Waals surface area contributed by atoms with Crippen molar-refractivity contribution in [3.8, 4) is 5.75 Å². The van der Waals surface area contributed by atoms with Gasteiger partial charge in [0.05, 0.1) is 24.4 Å². The molecular weight excluding hydrogens is 405 g/mol. The molecule has 0 radical (unpaired) electrons. The van der Waals surface area contributed by atoms with Gasteiger partial charge in [0.25, 0.3) is 0 Å². The second-order valence-corrected chi connectivity index (χ2v) is 7.82. The van der Waals surface area contributed by atoms with Crippen molar-refractivity contribution in [2.24, 2.45) is 5.73 Å². The summed E-state index contributed by atoms with van der Waals surface area (Å²) in [7, 11) is 0. The summed E-state index contributed by atoms with van der Waals surface area (Å²) in [6.07, 6.45) is 2.28. The number of halogens is 2. The molecule has 2 aromatic rings. The van der Waals surface area contributed by atoms with Gasteiger partial charge in [-0.3, -0.25) is 4.68 Å². The van der Waals surface area contributed by atoms with Crippen LogP contribution in [0.3, 0.4) is 0 Å². The summed E-state index contributed by atoms with van der Waals surface area (Å²) < 4.78 is 18.8. The minimum absolute atomic E-state index is 0. The number of aromatic nitrogens is 2. The van der Waals surface area contributed by atoms with E-state index in [1.54, 1.807) is 0 Å². The highest BCUT2D eigenvalue weighted by molar-refractivity contribution is 5.86. The van der Waals surface area contributed by atoms with Crippen LogP contribution < -0.4 is 10.5 Å². The van der Waals surface area contributed by atoms with Crippen LogP contribution in [0.25, 0.3) is 10.9 Å². The minimum atomic E-state index is -0.520. The van der Waals surface area contributed by atoms with Crippen LogP contribution in [0, 0.1) is 0 Å². The molecule has 0 amide bonds. The number of hydrogen-bond acceptors (Lipinski definition) is 6. The van der Waals surface area contributed by atoms with E-state index in [9.17, 15) is 4.79 Å². The molecule has 9 heteroatoms. The van der Waals surface area contributed by atoms with E-state index in [2.05, 4.69) is 5.10 Å². The molecule has 0 spiro atoms. The summed E-state index contributed by atoms with van der Waals surface area (Å²) in [5.74, 6) is 0.463. The standard InChI is InChI=1S/C19H27N3O4.2ClH/c1-12(20)9-22-18-13(8-21-22)5-6-16-15(18)7-14(10-25-16)24-11-17(23)26-19(2,3)4;;/h5-6,8,12,14H,7,9-11,20H2,1-4H3;2*1H. The van der Waals surface area contributed by atoms with Gasteiger partial charge in [-0.05, 0) is 39.8 Å². The Bertz CT molecular complexity index is 802. The quantitative estimate of drug-likeness (QED) is 0.729. The maximum Gasteiger partial charge on any atom is 0.332 e. The number of fused-ring (bicyclic) bond motifs is 3. The van der Waals surface area contributed by atoms with E-state index in [0.717, 1.165) is 22.2 Å². The first-order valence-electron chi connectivity index (χ1n) is 8.92. The van der Waals surface area contributed by atoms with Crippen molar-refractivity contribution >= 4 is 41.7 Å². The third kappa shape index (κ3) is 5.98. The number of rotatable bonds is 5. The van der Waals surface area contributed by atoms with Gasteiger partial charge in [-0.15, -0.1) is 24.8 Å². The van der Waals surface area contributed by atoms with Crippen molar-refractivity contribution in [2.75, 3.05) is 13.2 Å². The van der Waals surface area contributed by atoms with Crippen molar-refractivity contribution in [1.29, 1.82) is 0 Å². The summed E-state index contributed by atoms with van der Waals surface area (Å²) in [5, 5.41) is 5.49. The molecule has 2 N–H and O–H groups in total. The van der Waals surface area contributed by atoms with Crippen LogP contribution >= 0.6 is 24.8 Å². The Hall–Kier alpha value is -1.54. The molecule has 0 saturated carbocycles. The fourth-order valence-electron chi connectivity index (χ4n) is 3.11. The first-order valence-corrected chi connectivity index (χ1v) is 8.92. The highest BCUT2D eigenvalue weighted by Gasteiger charge is 2.26. The molecule has 7 nitrogen and oxygen atoms in total. The molecule has 2 heterocycles. The molecule has 0 bridgehead atoms. The Kier molecular flexibility index (Phi) is 8.56. The highest BCUT2D eigenvalue weighted by Crippen LogP contribution is 2.33. The number of nitrogens with two attached hydrogens (primary N) is 1. The summed E-state index contributed by atoms with van der Waals surface area (Å²) in [4.78, 5) is 11.9. The Morgan fingerprint density at radius 2 is 2.11 bits per heavy atom. The lowest BCUT2D eigenvalue weighted by Gasteiger charge is -2.27. The van der Waals surface area contributed by atoms with E-state index < -0.39 is 5.60 Å². The fraction of sp³-hybridized carbons (Fsp3) is 0.579. The molecule has 2 unspecified atom stereocenters. The molecule has 1 aromatic carbocycles. The predicted octanol–water partition coefficient (Wildman–Crippen LogP) is 2.89. The van der Waals surface area contributed by atoms with E-state index in [4.69, 9.17) is 19.9 Å². The number of nitrogens with zero attached hydrogens (tertiary/aromatic N) is 2. The number of carbonyl (C=O) groups excluding carboxylic acids is 1. The first-order chi connectivity index (χ1) is 12.2. The average molecular weight is 434 g/mol. The lowest BCUT2D eigenvalue weighted by atomic mass is 10.0. The van der Waals surface area contributed by atoms with Crippen molar-refractivity contribution in [3.05, 3.63) is 23.9 Å². The van der Waals surface area contributed by atoms with Crippen LogP contribution in [0.15, 0.2) is 18.3 Å². The average Bonchev–Trinajstić information content (AvgIpc) is 2.94. The molecular formula is C19H29Cl2N3O4. The number of esters is 1. The lowest BCUT2D eigenvalue weighted by Crippen LogP contribution is -2.33. The molecule has 3 rings (SSSR count). The van der Waals surface area contributed by atoms with Crippen LogP contribution in [0.2, 0.25) is 0 Å². The van der Waals surface area contributed by atoms with Crippen LogP contribution in [0.1, 0.15) is 33.3 Å². The molecule has 158 valence electrons. The third-order valence-corrected chi connectivity index (χ3v) is 4.04. The number of carbonyl (C=O) groups is 1. The van der Waals surface area contributed by atoms with Crippen LogP contribution in [-0.4, -0.2) is 46.7 Å². The molecule has 0 saturated heterocycles. The smallest absolute Gasteiger partial charge is 0.332 e. The zero-order valence-electron chi connectivity index (χ0n) is 16.6. The number of hydrogen-bond donors (Lipinski definition) is 1. The van der Waals surface area contributed by atoms with E-state index in [1.165, 1.54) is 0 Å². The molecule has 1 aliphatic rings. The van der Waals surface area contributed by atoms with E-state index in [-0.39, 0.29) is 49.5 Å². The first kappa shape index (κ1) is 24.5. The normalized spacial score (nSPS) is 17.0. The largest absolute Gasteiger partial charge is 0.491 e. The van der Waals surface area contributed by atoms with Gasteiger partial charge in [-0.1, -0.05) is 0 Å². The summed E-state index contributed by atoms with van der Waals surface area (Å²) in [6.45, 7) is 8.40. The van der Waals surface area contributed by atoms with Crippen molar-refractivity contribution in [3.63, 3.8) is 0 Å². The van der Waals surface area contributed by atoms with Crippen LogP contribution in [-0.2, 0) is 27.2 Å². The van der Waals surface area contributed by atoms with Gasteiger partial charge >= 0.3 is 5.97 Å². The van der Waals surface area contributed by atoms with E-state index in [0.29, 0.717) is 19.6 Å². The Balaban J connectivity index is 0.00000196. The zero-order chi connectivity index (χ0) is 18.9. The maximum absolute atomic E-state index is 11.9. The zero-order valence-corrected chi connectivity index (χ0v) is 18.3. The Morgan fingerprint density at radius 1 is 1.39 bits per heavy atom. The van der Waals surface area contributed by atoms with Crippen LogP contribution in [0.4, 0.5) is 0 Å². The third-order valence-electron chi connectivity index (χ3n) is 4.04. The van der Waals surface area contributed by atoms with Gasteiger partial charge in [-0.25, -0.2) is 4.79 Å². The van der Waals surface area contributed by atoms with Gasteiger partial charge in [0.1, 0.15) is 24.6 Å². The molecule has 1 aliphatic heterocycles. The van der Waals surface area contributed by atoms with Gasteiger partial charge in [0.2, 0.25) is 0 Å². The topological polar surface area (TPSA) is 88.6 Å². The van der Waals surface area contributed by atoms with E-state index >= 15 is 0 Å². The molecule has 0 fully saturated rings. The number of ether oxygens (including phenoxy) is 3. The Morgan fingerprint density at radius 3 is 2.75 bits per heavy atom. The van der Waals surface area contributed by atoms with E-state index in [1.807, 2.05) is 50.7 Å². The van der Waals surface area contributed by atoms with Crippen molar-refractivity contribution in [1.82, 2.24) is 9.78 Å². The molecule has 1 aromatic heterocycles. The highest BCUT2D eigenvalue weighted by atomic mass is 35.5. The monoisotopic (exact) mass is 433 g/mol. The predicted molar refractivity (Wildman–Crippen MR) is 113 cm³/mol.